The second-order valence-electron chi connectivity index (χ2n) is 2.81. The highest BCUT2D eigenvalue weighted by molar-refractivity contribution is 5.25. The van der Waals surface area contributed by atoms with Crippen LogP contribution >= 0.6 is 0 Å². The Bertz CT molecular complexity index is 519. The molecule has 3 heteroatoms. The summed E-state index contributed by atoms with van der Waals surface area (Å²) in [5.74, 6) is 2.25. The molecule has 0 aliphatic heterocycles. The first-order valence-electron chi connectivity index (χ1n) is 5.64. The predicted molar refractivity (Wildman–Crippen MR) is 74.9 cm³/mol. The minimum atomic E-state index is -0.0481. The predicted octanol–water partition coefficient (Wildman–Crippen LogP) is 1.05. The van der Waals surface area contributed by atoms with Crippen LogP contribution in [0.4, 0.5) is 0 Å². The van der Waals surface area contributed by atoms with Gasteiger partial charge in [-0.05, 0) is 20.8 Å². The largest absolute Gasteiger partial charge is 0.274 e. The van der Waals surface area contributed by atoms with Crippen LogP contribution in [0.3, 0.4) is 0 Å². The van der Waals surface area contributed by atoms with Crippen molar-refractivity contribution < 1.29 is 0 Å². The molecule has 0 aliphatic carbocycles. The summed E-state index contributed by atoms with van der Waals surface area (Å²) < 4.78 is 1.34. The van der Waals surface area contributed by atoms with Crippen LogP contribution < -0.4 is 16.0 Å². The van der Waals surface area contributed by atoms with E-state index < -0.39 is 0 Å². The summed E-state index contributed by atoms with van der Waals surface area (Å²) in [6, 6.07) is 0. The maximum atomic E-state index is 11.4. The minimum absolute atomic E-state index is 0.0481. The van der Waals surface area contributed by atoms with Gasteiger partial charge in [0.2, 0.25) is 0 Å². The molecule has 0 radical (unpaired) electrons. The smallest absolute Gasteiger partial charge is 0.267 e. The van der Waals surface area contributed by atoms with E-state index in [1.165, 1.54) is 4.68 Å². The fourth-order valence-electron chi connectivity index (χ4n) is 1.09. The number of rotatable bonds is 0. The summed E-state index contributed by atoms with van der Waals surface area (Å²) in [6.07, 6.45) is 9.97. The van der Waals surface area contributed by atoms with Crippen molar-refractivity contribution in [1.29, 1.82) is 0 Å². The molecule has 1 aromatic rings. The first-order valence-corrected chi connectivity index (χ1v) is 5.64. The second kappa shape index (κ2) is 10.7. The number of aryl methyl sites for hydroxylation is 1. The number of nitrogens with zero attached hydrogens (tertiary/aromatic N) is 2. The molecule has 1 aromatic heterocycles. The quantitative estimate of drug-likeness (QED) is 0.629. The molecular formula is C14H22N2O. The van der Waals surface area contributed by atoms with Gasteiger partial charge in [0.15, 0.2) is 0 Å². The van der Waals surface area contributed by atoms with Crippen LogP contribution in [0.25, 0.3) is 12.2 Å². The highest BCUT2D eigenvalue weighted by Crippen LogP contribution is 1.60. The van der Waals surface area contributed by atoms with Gasteiger partial charge in [-0.25, -0.2) is 4.68 Å². The van der Waals surface area contributed by atoms with Crippen molar-refractivity contribution in [3.05, 3.63) is 27.0 Å². The van der Waals surface area contributed by atoms with Gasteiger partial charge in [-0.15, -0.1) is 12.3 Å². The molecule has 0 saturated heterocycles. The second-order valence-corrected chi connectivity index (χ2v) is 2.81. The Balaban J connectivity index is 0. The van der Waals surface area contributed by atoms with Gasteiger partial charge in [0.25, 0.3) is 5.56 Å². The lowest BCUT2D eigenvalue weighted by atomic mass is 10.3. The summed E-state index contributed by atoms with van der Waals surface area (Å²) >= 11 is 0. The molecule has 1 heterocycles. The summed E-state index contributed by atoms with van der Waals surface area (Å²) in [4.78, 5) is 11.4. The van der Waals surface area contributed by atoms with Crippen molar-refractivity contribution in [1.82, 2.24) is 9.78 Å². The van der Waals surface area contributed by atoms with Crippen molar-refractivity contribution in [2.75, 3.05) is 0 Å². The molecule has 0 N–H and O–H groups in total. The van der Waals surface area contributed by atoms with Crippen molar-refractivity contribution in [3.8, 4) is 12.3 Å². The van der Waals surface area contributed by atoms with Crippen molar-refractivity contribution in [2.24, 2.45) is 7.05 Å². The molecule has 0 unspecified atom stereocenters. The molecule has 0 atom stereocenters. The fourth-order valence-corrected chi connectivity index (χ4v) is 1.09. The number of hydrogen-bond acceptors (Lipinski definition) is 2. The Hall–Kier alpha value is -1.82. The zero-order valence-electron chi connectivity index (χ0n) is 11.6. The zero-order valence-corrected chi connectivity index (χ0v) is 11.6. The van der Waals surface area contributed by atoms with Crippen LogP contribution in [-0.4, -0.2) is 9.78 Å². The number of terminal acetylenes is 1. The third-order valence-electron chi connectivity index (χ3n) is 1.81. The lowest BCUT2D eigenvalue weighted by Crippen LogP contribution is -2.44. The lowest BCUT2D eigenvalue weighted by Gasteiger charge is -1.94. The fraction of sp³-hybridized carbons (Fsp3) is 0.429. The first-order chi connectivity index (χ1) is 8.12. The number of aromatic nitrogens is 2. The minimum Gasteiger partial charge on any atom is -0.267 e. The average Bonchev–Trinajstić information content (AvgIpc) is 2.36. The SMILES string of the molecule is C#CC.C/C=c1/cnn(C)c(=O)/c1=C/C.CC. The van der Waals surface area contributed by atoms with E-state index in [4.69, 9.17) is 0 Å². The van der Waals surface area contributed by atoms with E-state index >= 15 is 0 Å². The van der Waals surface area contributed by atoms with E-state index in [1.54, 1.807) is 26.2 Å². The summed E-state index contributed by atoms with van der Waals surface area (Å²) in [7, 11) is 1.65. The Kier molecular flexibility index (Phi) is 11.0. The summed E-state index contributed by atoms with van der Waals surface area (Å²) in [5.41, 5.74) is -0.0481. The lowest BCUT2D eigenvalue weighted by molar-refractivity contribution is 0.696. The summed E-state index contributed by atoms with van der Waals surface area (Å²) in [6.45, 7) is 9.40. The highest BCUT2D eigenvalue weighted by Gasteiger charge is 1.92. The molecule has 94 valence electrons. The monoisotopic (exact) mass is 234 g/mol. The molecule has 0 saturated carbocycles. The van der Waals surface area contributed by atoms with Crippen LogP contribution in [0, 0.1) is 12.3 Å². The normalized spacial score (nSPS) is 10.6. The molecule has 1 rings (SSSR count). The molecule has 3 nitrogen and oxygen atoms in total. The van der Waals surface area contributed by atoms with Crippen molar-refractivity contribution >= 4 is 12.2 Å². The Morgan fingerprint density at radius 2 is 1.82 bits per heavy atom. The van der Waals surface area contributed by atoms with Gasteiger partial charge in [0.1, 0.15) is 0 Å². The van der Waals surface area contributed by atoms with Gasteiger partial charge in [0, 0.05) is 17.5 Å². The zero-order chi connectivity index (χ0) is 13.8. The Labute approximate surface area is 103 Å². The molecular weight excluding hydrogens is 212 g/mol. The Morgan fingerprint density at radius 3 is 2.18 bits per heavy atom. The molecule has 0 fully saturated rings. The third-order valence-corrected chi connectivity index (χ3v) is 1.81. The van der Waals surface area contributed by atoms with Crippen LogP contribution in [0.1, 0.15) is 34.6 Å². The van der Waals surface area contributed by atoms with Gasteiger partial charge in [-0.2, -0.15) is 5.10 Å². The molecule has 0 aromatic carbocycles. The third kappa shape index (κ3) is 5.72. The molecule has 17 heavy (non-hydrogen) atoms. The van der Waals surface area contributed by atoms with E-state index in [1.807, 2.05) is 33.8 Å². The van der Waals surface area contributed by atoms with E-state index in [-0.39, 0.29) is 5.56 Å². The van der Waals surface area contributed by atoms with E-state index in [0.717, 1.165) is 10.4 Å². The van der Waals surface area contributed by atoms with Gasteiger partial charge in [-0.3, -0.25) is 4.79 Å². The van der Waals surface area contributed by atoms with E-state index in [9.17, 15) is 4.79 Å². The van der Waals surface area contributed by atoms with Crippen molar-refractivity contribution in [3.63, 3.8) is 0 Å². The number of hydrogen-bond donors (Lipinski definition) is 0. The van der Waals surface area contributed by atoms with Gasteiger partial charge < -0.3 is 0 Å². The topological polar surface area (TPSA) is 34.9 Å². The van der Waals surface area contributed by atoms with Crippen LogP contribution in [0.5, 0.6) is 0 Å². The molecule has 0 aliphatic rings. The molecule has 0 amide bonds. The first kappa shape index (κ1) is 17.6. The van der Waals surface area contributed by atoms with E-state index in [0.29, 0.717) is 0 Å². The van der Waals surface area contributed by atoms with Gasteiger partial charge >= 0.3 is 0 Å². The standard InChI is InChI=1S/C9H12N2O.C3H4.C2H6/c1-4-7-6-10-11(3)9(12)8(7)5-2;1-3-2;1-2/h4-6H,1-3H3;1H,2H3;1-2H3/b7-4-,8-5+;;. The van der Waals surface area contributed by atoms with Gasteiger partial charge in [0.05, 0.1) is 6.20 Å². The maximum absolute atomic E-state index is 11.4. The van der Waals surface area contributed by atoms with Crippen LogP contribution in [0.15, 0.2) is 11.0 Å². The molecule has 0 spiro atoms. The van der Waals surface area contributed by atoms with Gasteiger partial charge in [-0.1, -0.05) is 26.0 Å². The molecule has 0 bridgehead atoms. The maximum Gasteiger partial charge on any atom is 0.274 e. The van der Waals surface area contributed by atoms with Crippen LogP contribution in [-0.2, 0) is 7.05 Å². The summed E-state index contributed by atoms with van der Waals surface area (Å²) in [5, 5.41) is 5.52. The van der Waals surface area contributed by atoms with Crippen LogP contribution in [0.2, 0.25) is 0 Å². The van der Waals surface area contributed by atoms with Crippen molar-refractivity contribution in [2.45, 2.75) is 34.6 Å². The highest BCUT2D eigenvalue weighted by atomic mass is 16.1. The Morgan fingerprint density at radius 1 is 1.35 bits per heavy atom. The average molecular weight is 234 g/mol. The van der Waals surface area contributed by atoms with E-state index in [2.05, 4.69) is 17.4 Å².